The molecule has 0 saturated carbocycles. The molecule has 0 saturated heterocycles. The van der Waals surface area contributed by atoms with Crippen LogP contribution in [-0.4, -0.2) is 53.6 Å². The summed E-state index contributed by atoms with van der Waals surface area (Å²) in [6, 6.07) is -2.36. The first-order chi connectivity index (χ1) is 11.2. The molecular formula is C12H14F7NO5. The van der Waals surface area contributed by atoms with Crippen LogP contribution in [0, 0.1) is 0 Å². The highest BCUT2D eigenvalue weighted by Gasteiger charge is 2.76. The second kappa shape index (κ2) is 8.34. The van der Waals surface area contributed by atoms with Crippen LogP contribution >= 0.6 is 0 Å². The van der Waals surface area contributed by atoms with E-state index in [0.29, 0.717) is 6.42 Å². The smallest absolute Gasteiger partial charge is 0.460 e. The number of carboxylic acid groups (broad SMARTS) is 1. The van der Waals surface area contributed by atoms with E-state index in [-0.39, 0.29) is 13.0 Å². The van der Waals surface area contributed by atoms with Crippen molar-refractivity contribution in [3.63, 3.8) is 0 Å². The van der Waals surface area contributed by atoms with Crippen LogP contribution in [0.25, 0.3) is 0 Å². The molecule has 25 heavy (non-hydrogen) atoms. The molecule has 0 aromatic rings. The predicted molar refractivity (Wildman–Crippen MR) is 66.0 cm³/mol. The highest BCUT2D eigenvalue weighted by Crippen LogP contribution is 2.46. The number of carbonyl (C=O) groups excluding carboxylic acids is 2. The molecule has 1 atom stereocenters. The summed E-state index contributed by atoms with van der Waals surface area (Å²) in [6.07, 6.45) is -7.32. The van der Waals surface area contributed by atoms with Gasteiger partial charge in [-0.25, -0.2) is 4.79 Å². The van der Waals surface area contributed by atoms with Crippen LogP contribution in [0.4, 0.5) is 30.7 Å². The van der Waals surface area contributed by atoms with Crippen LogP contribution in [0.2, 0.25) is 0 Å². The number of ether oxygens (including phenoxy) is 1. The molecule has 0 radical (unpaired) electrons. The lowest BCUT2D eigenvalue weighted by Gasteiger charge is -2.28. The van der Waals surface area contributed by atoms with Gasteiger partial charge >= 0.3 is 30.0 Å². The summed E-state index contributed by atoms with van der Waals surface area (Å²) >= 11 is 0. The molecule has 0 rings (SSSR count). The van der Waals surface area contributed by atoms with Crippen molar-refractivity contribution in [2.45, 2.75) is 50.2 Å². The van der Waals surface area contributed by atoms with Crippen molar-refractivity contribution < 1.29 is 55.0 Å². The molecule has 0 aliphatic carbocycles. The van der Waals surface area contributed by atoms with Gasteiger partial charge in [0.15, 0.2) is 0 Å². The third-order valence-electron chi connectivity index (χ3n) is 2.75. The van der Waals surface area contributed by atoms with Gasteiger partial charge in [-0.2, -0.15) is 30.7 Å². The molecular weight excluding hydrogens is 371 g/mol. The van der Waals surface area contributed by atoms with Crippen molar-refractivity contribution >= 4 is 17.8 Å². The Bertz CT molecular complexity index is 507. The van der Waals surface area contributed by atoms with E-state index in [4.69, 9.17) is 5.11 Å². The zero-order valence-corrected chi connectivity index (χ0v) is 12.6. The lowest BCUT2D eigenvalue weighted by Crippen LogP contribution is -2.61. The van der Waals surface area contributed by atoms with Crippen molar-refractivity contribution in [1.82, 2.24) is 5.32 Å². The largest absolute Gasteiger partial charge is 0.481 e. The molecule has 0 aliphatic heterocycles. The lowest BCUT2D eigenvalue weighted by molar-refractivity contribution is -0.344. The Balaban J connectivity index is 5.31. The summed E-state index contributed by atoms with van der Waals surface area (Å²) in [7, 11) is 0. The minimum Gasteiger partial charge on any atom is -0.481 e. The van der Waals surface area contributed by atoms with Gasteiger partial charge < -0.3 is 15.2 Å². The number of hydrogen-bond donors (Lipinski definition) is 2. The molecule has 6 nitrogen and oxygen atoms in total. The van der Waals surface area contributed by atoms with Gasteiger partial charge in [0, 0.05) is 0 Å². The Hall–Kier alpha value is -2.08. The van der Waals surface area contributed by atoms with Crippen molar-refractivity contribution in [2.75, 3.05) is 6.61 Å². The number of rotatable bonds is 9. The predicted octanol–water partition coefficient (Wildman–Crippen LogP) is 2.12. The van der Waals surface area contributed by atoms with Crippen LogP contribution in [0.15, 0.2) is 0 Å². The minimum atomic E-state index is -6.75. The van der Waals surface area contributed by atoms with Crippen molar-refractivity contribution in [2.24, 2.45) is 0 Å². The SMILES string of the molecule is CCCCOC(=O)C(CC(=O)O)NC(=O)C(F)(F)C(F)(F)C(F)(F)F. The number of halogens is 7. The number of hydrogen-bond acceptors (Lipinski definition) is 4. The fourth-order valence-electron chi connectivity index (χ4n) is 1.36. The van der Waals surface area contributed by atoms with Crippen LogP contribution in [0.3, 0.4) is 0 Å². The van der Waals surface area contributed by atoms with Gasteiger partial charge in [0.2, 0.25) is 0 Å². The van der Waals surface area contributed by atoms with Crippen molar-refractivity contribution in [1.29, 1.82) is 0 Å². The van der Waals surface area contributed by atoms with Crippen LogP contribution in [0.1, 0.15) is 26.2 Å². The number of amides is 1. The van der Waals surface area contributed by atoms with E-state index < -0.39 is 48.3 Å². The van der Waals surface area contributed by atoms with E-state index in [9.17, 15) is 45.1 Å². The Morgan fingerprint density at radius 2 is 1.60 bits per heavy atom. The van der Waals surface area contributed by atoms with E-state index in [1.54, 1.807) is 6.92 Å². The van der Waals surface area contributed by atoms with E-state index in [2.05, 4.69) is 4.74 Å². The van der Waals surface area contributed by atoms with Gasteiger partial charge in [0.25, 0.3) is 5.91 Å². The lowest BCUT2D eigenvalue weighted by atomic mass is 10.1. The van der Waals surface area contributed by atoms with Crippen molar-refractivity contribution in [3.05, 3.63) is 0 Å². The summed E-state index contributed by atoms with van der Waals surface area (Å²) in [5, 5.41) is 9.40. The summed E-state index contributed by atoms with van der Waals surface area (Å²) in [4.78, 5) is 33.2. The first kappa shape index (κ1) is 22.9. The third-order valence-corrected chi connectivity index (χ3v) is 2.75. The maximum Gasteiger partial charge on any atom is 0.460 e. The molecule has 2 N–H and O–H groups in total. The molecule has 0 spiro atoms. The highest BCUT2D eigenvalue weighted by molar-refractivity contribution is 5.91. The first-order valence-electron chi connectivity index (χ1n) is 6.70. The standard InChI is InChI=1S/C12H14F7NO5/c1-2-3-4-25-8(23)6(5-7(21)22)20-9(24)10(13,14)11(15,16)12(17,18)19/h6H,2-5H2,1H3,(H,20,24)(H,21,22). The number of carboxylic acids is 1. The van der Waals surface area contributed by atoms with Crippen molar-refractivity contribution in [3.8, 4) is 0 Å². The Labute approximate surface area is 136 Å². The number of aliphatic carboxylic acids is 1. The van der Waals surface area contributed by atoms with Crippen LogP contribution in [-0.2, 0) is 19.1 Å². The van der Waals surface area contributed by atoms with E-state index >= 15 is 0 Å². The van der Waals surface area contributed by atoms with Gasteiger partial charge in [-0.3, -0.25) is 9.59 Å². The maximum absolute atomic E-state index is 13.2. The fourth-order valence-corrected chi connectivity index (χ4v) is 1.36. The van der Waals surface area contributed by atoms with Gasteiger partial charge in [-0.05, 0) is 6.42 Å². The molecule has 0 aromatic carbocycles. The molecule has 0 aliphatic rings. The molecule has 1 unspecified atom stereocenters. The van der Waals surface area contributed by atoms with Gasteiger partial charge in [0.05, 0.1) is 13.0 Å². The zero-order chi connectivity index (χ0) is 20.1. The second-order valence-corrected chi connectivity index (χ2v) is 4.79. The molecule has 13 heteroatoms. The number of unbranched alkanes of at least 4 members (excludes halogenated alkanes) is 1. The minimum absolute atomic E-state index is 0.280. The molecule has 1 amide bonds. The number of esters is 1. The summed E-state index contributed by atoms with van der Waals surface area (Å²) in [5.74, 6) is -19.5. The summed E-state index contributed by atoms with van der Waals surface area (Å²) < 4.78 is 92.3. The highest BCUT2D eigenvalue weighted by atomic mass is 19.4. The number of nitrogens with one attached hydrogen (secondary N) is 1. The normalized spacial score (nSPS) is 13.9. The van der Waals surface area contributed by atoms with E-state index in [1.807, 2.05) is 0 Å². The van der Waals surface area contributed by atoms with Crippen LogP contribution < -0.4 is 5.32 Å². The maximum atomic E-state index is 13.2. The quantitative estimate of drug-likeness (QED) is 0.360. The molecule has 0 fully saturated rings. The van der Waals surface area contributed by atoms with E-state index in [1.165, 1.54) is 0 Å². The van der Waals surface area contributed by atoms with Gasteiger partial charge in [-0.15, -0.1) is 0 Å². The Morgan fingerprint density at radius 1 is 1.08 bits per heavy atom. The zero-order valence-electron chi connectivity index (χ0n) is 12.6. The summed E-state index contributed by atoms with van der Waals surface area (Å²) in [6.45, 7) is 1.38. The van der Waals surface area contributed by atoms with Gasteiger partial charge in [0.1, 0.15) is 6.04 Å². The first-order valence-corrected chi connectivity index (χ1v) is 6.70. The molecule has 146 valence electrons. The monoisotopic (exact) mass is 385 g/mol. The van der Waals surface area contributed by atoms with Crippen LogP contribution in [0.5, 0.6) is 0 Å². The number of alkyl halides is 7. The average Bonchev–Trinajstić information content (AvgIpc) is 2.44. The summed E-state index contributed by atoms with van der Waals surface area (Å²) in [5.41, 5.74) is 0. The molecule has 0 heterocycles. The van der Waals surface area contributed by atoms with Gasteiger partial charge in [-0.1, -0.05) is 13.3 Å². The van der Waals surface area contributed by atoms with E-state index in [0.717, 1.165) is 5.32 Å². The third kappa shape index (κ3) is 5.74. The molecule has 0 bridgehead atoms. The number of carbonyl (C=O) groups is 3. The Morgan fingerprint density at radius 3 is 2.00 bits per heavy atom. The average molecular weight is 385 g/mol. The Kier molecular flexibility index (Phi) is 7.64. The topological polar surface area (TPSA) is 92.7 Å². The molecule has 0 aromatic heterocycles. The fraction of sp³-hybridized carbons (Fsp3) is 0.750. The second-order valence-electron chi connectivity index (χ2n) is 4.79.